The molecule has 5 atom stereocenters. The molecule has 0 aromatic heterocycles. The predicted octanol–water partition coefficient (Wildman–Crippen LogP) is 5.54. The lowest BCUT2D eigenvalue weighted by atomic mass is 9.85. The van der Waals surface area contributed by atoms with E-state index in [0.717, 1.165) is 27.6 Å². The number of benzene rings is 3. The largest absolute Gasteiger partial charge is 0.326 e. The van der Waals surface area contributed by atoms with Gasteiger partial charge in [0, 0.05) is 21.3 Å². The second kappa shape index (κ2) is 8.60. The summed E-state index contributed by atoms with van der Waals surface area (Å²) < 4.78 is 0.804. The average Bonchev–Trinajstić information content (AvgIpc) is 3.66. The quantitative estimate of drug-likeness (QED) is 0.254. The summed E-state index contributed by atoms with van der Waals surface area (Å²) in [6.07, 6.45) is 4.90. The molecule has 1 saturated carbocycles. The van der Waals surface area contributed by atoms with Crippen molar-refractivity contribution < 1.29 is 19.2 Å². The van der Waals surface area contributed by atoms with Gasteiger partial charge in [0.25, 0.3) is 0 Å². The van der Waals surface area contributed by atoms with Crippen LogP contribution >= 0.6 is 15.9 Å². The van der Waals surface area contributed by atoms with Crippen molar-refractivity contribution in [1.29, 1.82) is 0 Å². The van der Waals surface area contributed by atoms with Gasteiger partial charge in [0.05, 0.1) is 24.3 Å². The first-order chi connectivity index (χ1) is 18.4. The van der Waals surface area contributed by atoms with Gasteiger partial charge in [0.1, 0.15) is 0 Å². The van der Waals surface area contributed by atoms with Crippen LogP contribution in [-0.4, -0.2) is 28.4 Å². The molecule has 7 heteroatoms. The Labute approximate surface area is 227 Å². The van der Waals surface area contributed by atoms with Crippen LogP contribution in [-0.2, 0) is 14.4 Å². The van der Waals surface area contributed by atoms with Crippen molar-refractivity contribution in [2.45, 2.75) is 18.9 Å². The zero-order chi connectivity index (χ0) is 26.1. The molecule has 1 aliphatic heterocycles. The minimum atomic E-state index is -0.724. The van der Waals surface area contributed by atoms with E-state index in [1.807, 2.05) is 48.5 Å². The lowest BCUT2D eigenvalue weighted by molar-refractivity contribution is -0.144. The fraction of sp³-hybridized carbons (Fsp3) is 0.226. The van der Waals surface area contributed by atoms with Crippen molar-refractivity contribution in [1.82, 2.24) is 4.90 Å². The number of halogens is 1. The minimum absolute atomic E-state index is 0.0678. The lowest BCUT2D eigenvalue weighted by Crippen LogP contribution is -2.38. The molecule has 188 valence electrons. The molecule has 38 heavy (non-hydrogen) atoms. The Bertz CT molecular complexity index is 1560. The first kappa shape index (κ1) is 23.3. The molecule has 6 nitrogen and oxygen atoms in total. The van der Waals surface area contributed by atoms with Gasteiger partial charge in [-0.1, -0.05) is 70.5 Å². The van der Waals surface area contributed by atoms with Gasteiger partial charge in [-0.05, 0) is 59.2 Å². The van der Waals surface area contributed by atoms with Gasteiger partial charge in [-0.2, -0.15) is 0 Å². The first-order valence-corrected chi connectivity index (χ1v) is 13.6. The topological polar surface area (TPSA) is 83.6 Å². The fourth-order valence-electron chi connectivity index (χ4n) is 6.80. The van der Waals surface area contributed by atoms with E-state index in [-0.39, 0.29) is 53.6 Å². The Morgan fingerprint density at radius 2 is 1.53 bits per heavy atom. The van der Waals surface area contributed by atoms with E-state index in [1.165, 1.54) is 4.90 Å². The maximum Gasteiger partial charge on any atom is 0.234 e. The maximum absolute atomic E-state index is 13.6. The number of imide groups is 1. The first-order valence-electron chi connectivity index (χ1n) is 12.8. The van der Waals surface area contributed by atoms with Gasteiger partial charge >= 0.3 is 0 Å². The third-order valence-electron chi connectivity index (χ3n) is 8.44. The number of amides is 3. The highest BCUT2D eigenvalue weighted by atomic mass is 79.9. The number of carbonyl (C=O) groups excluding carboxylic acids is 4. The summed E-state index contributed by atoms with van der Waals surface area (Å²) in [6, 6.07) is 19.5. The smallest absolute Gasteiger partial charge is 0.234 e. The van der Waals surface area contributed by atoms with Crippen LogP contribution in [0.4, 0.5) is 5.69 Å². The van der Waals surface area contributed by atoms with Gasteiger partial charge < -0.3 is 5.32 Å². The zero-order valence-electron chi connectivity index (χ0n) is 20.3. The van der Waals surface area contributed by atoms with E-state index in [9.17, 15) is 19.2 Å². The molecular weight excluding hydrogens is 544 g/mol. The third-order valence-corrected chi connectivity index (χ3v) is 8.93. The molecule has 3 aromatic rings. The molecule has 5 unspecified atom stereocenters. The van der Waals surface area contributed by atoms with Gasteiger partial charge in [0.15, 0.2) is 5.78 Å². The molecule has 1 heterocycles. The molecule has 3 amide bonds. The average molecular weight is 567 g/mol. The number of nitrogens with one attached hydrogen (secondary N) is 1. The van der Waals surface area contributed by atoms with Crippen molar-refractivity contribution in [3.63, 3.8) is 0 Å². The Hall–Kier alpha value is -3.84. The van der Waals surface area contributed by atoms with E-state index < -0.39 is 6.04 Å². The number of anilines is 1. The Kier molecular flexibility index (Phi) is 5.27. The molecule has 4 aliphatic rings. The molecule has 0 radical (unpaired) electrons. The van der Waals surface area contributed by atoms with Crippen LogP contribution in [0, 0.1) is 23.7 Å². The summed E-state index contributed by atoms with van der Waals surface area (Å²) >= 11 is 3.48. The highest BCUT2D eigenvalue weighted by molar-refractivity contribution is 9.10. The number of carbonyl (C=O) groups is 4. The Balaban J connectivity index is 1.17. The van der Waals surface area contributed by atoms with Crippen LogP contribution < -0.4 is 5.32 Å². The van der Waals surface area contributed by atoms with Gasteiger partial charge in [-0.3, -0.25) is 24.1 Å². The summed E-state index contributed by atoms with van der Waals surface area (Å²) in [6.45, 7) is 0. The summed E-state index contributed by atoms with van der Waals surface area (Å²) in [5.41, 5.74) is 4.16. The van der Waals surface area contributed by atoms with Crippen molar-refractivity contribution in [3.05, 3.63) is 100 Å². The number of likely N-dealkylation sites (tertiary alicyclic amines) is 1. The number of allylic oxidation sites excluding steroid dienone is 2. The molecule has 2 fully saturated rings. The van der Waals surface area contributed by atoms with Crippen molar-refractivity contribution >= 4 is 45.1 Å². The summed E-state index contributed by atoms with van der Waals surface area (Å²) in [4.78, 5) is 54.8. The molecule has 7 rings (SSSR count). The molecular formula is C31H23BrN2O4. The number of ketones is 1. The van der Waals surface area contributed by atoms with Crippen LogP contribution in [0.3, 0.4) is 0 Å². The third kappa shape index (κ3) is 3.45. The van der Waals surface area contributed by atoms with E-state index in [0.29, 0.717) is 16.8 Å². The van der Waals surface area contributed by atoms with Gasteiger partial charge in [-0.25, -0.2) is 0 Å². The van der Waals surface area contributed by atoms with Crippen LogP contribution in [0.2, 0.25) is 0 Å². The van der Waals surface area contributed by atoms with Crippen molar-refractivity contribution in [3.8, 4) is 11.1 Å². The van der Waals surface area contributed by atoms with Gasteiger partial charge in [-0.15, -0.1) is 0 Å². The highest BCUT2D eigenvalue weighted by Crippen LogP contribution is 2.54. The number of hydrogen-bond acceptors (Lipinski definition) is 4. The minimum Gasteiger partial charge on any atom is -0.326 e. The van der Waals surface area contributed by atoms with Crippen molar-refractivity contribution in [2.75, 3.05) is 5.32 Å². The Morgan fingerprint density at radius 3 is 2.24 bits per heavy atom. The molecule has 3 aromatic carbocycles. The van der Waals surface area contributed by atoms with Crippen LogP contribution in [0.1, 0.15) is 40.4 Å². The second-order valence-corrected chi connectivity index (χ2v) is 11.4. The van der Waals surface area contributed by atoms with E-state index in [4.69, 9.17) is 0 Å². The second-order valence-electron chi connectivity index (χ2n) is 10.5. The normalized spacial score (nSPS) is 25.0. The highest BCUT2D eigenvalue weighted by Gasteiger charge is 2.60. The fourth-order valence-corrected chi connectivity index (χ4v) is 7.22. The van der Waals surface area contributed by atoms with E-state index >= 15 is 0 Å². The number of hydrogen-bond donors (Lipinski definition) is 1. The summed E-state index contributed by atoms with van der Waals surface area (Å²) in [5, 5.41) is 2.90. The lowest BCUT2D eigenvalue weighted by Gasteiger charge is -2.28. The van der Waals surface area contributed by atoms with E-state index in [2.05, 4.69) is 33.4 Å². The molecule has 1 N–H and O–H groups in total. The van der Waals surface area contributed by atoms with Crippen LogP contribution in [0.25, 0.3) is 11.1 Å². The van der Waals surface area contributed by atoms with Crippen LogP contribution in [0.5, 0.6) is 0 Å². The van der Waals surface area contributed by atoms with Gasteiger partial charge in [0.2, 0.25) is 17.7 Å². The monoisotopic (exact) mass is 566 g/mol. The number of fused-ring (bicyclic) bond motifs is 8. The molecule has 1 saturated heterocycles. The summed E-state index contributed by atoms with van der Waals surface area (Å²) in [5.74, 6) is -1.25. The van der Waals surface area contributed by atoms with E-state index in [1.54, 1.807) is 18.2 Å². The molecule has 3 aliphatic carbocycles. The summed E-state index contributed by atoms with van der Waals surface area (Å²) in [7, 11) is 0. The zero-order valence-corrected chi connectivity index (χ0v) is 21.9. The SMILES string of the molecule is O=C(CC(c1cccc(Br)c1)N1C(=O)C2C3C=CC(C3)C2C1=O)Nc1ccc2c(c1)C(=O)c1ccccc1-2. The maximum atomic E-state index is 13.6. The molecule has 0 spiro atoms. The number of rotatable bonds is 5. The number of nitrogens with zero attached hydrogens (tertiary/aromatic N) is 1. The molecule has 2 bridgehead atoms. The Morgan fingerprint density at radius 1 is 0.842 bits per heavy atom. The standard InChI is InChI=1S/C31H23BrN2O4/c32-19-5-3-4-16(13-19)25(34-30(37)27-17-8-9-18(12-17)28(27)31(34)38)15-26(35)33-20-10-11-22-21-6-1-2-7-23(21)29(36)24(22)14-20/h1-11,13-14,17-18,25,27-28H,12,15H2,(H,33,35). The van der Waals surface area contributed by atoms with Crippen LogP contribution in [0.15, 0.2) is 83.4 Å². The van der Waals surface area contributed by atoms with Crippen molar-refractivity contribution in [2.24, 2.45) is 23.7 Å². The predicted molar refractivity (Wildman–Crippen MR) is 145 cm³/mol.